The lowest BCUT2D eigenvalue weighted by atomic mass is 10.1. The molecule has 3 nitrogen and oxygen atoms in total. The van der Waals surface area contributed by atoms with Crippen molar-refractivity contribution >= 4 is 16.5 Å². The van der Waals surface area contributed by atoms with Crippen molar-refractivity contribution in [2.45, 2.75) is 20.8 Å². The average Bonchev–Trinajstić information content (AvgIpc) is 2.43. The summed E-state index contributed by atoms with van der Waals surface area (Å²) in [5, 5.41) is 0.620. The number of pyridine rings is 1. The van der Waals surface area contributed by atoms with Crippen LogP contribution in [-0.4, -0.2) is 9.97 Å². The van der Waals surface area contributed by atoms with Gasteiger partial charge in [0.1, 0.15) is 0 Å². The summed E-state index contributed by atoms with van der Waals surface area (Å²) in [6, 6.07) is 4.12. The van der Waals surface area contributed by atoms with E-state index in [0.717, 1.165) is 27.5 Å². The number of nitrogens with two attached hydrogens (primary N) is 1. The third-order valence-corrected chi connectivity index (χ3v) is 3.19. The number of thiazole rings is 1. The van der Waals surface area contributed by atoms with E-state index in [2.05, 4.69) is 22.1 Å². The Labute approximate surface area is 93.0 Å². The van der Waals surface area contributed by atoms with Crippen LogP contribution in [0.3, 0.4) is 0 Å². The molecular weight excluding hydrogens is 206 g/mol. The summed E-state index contributed by atoms with van der Waals surface area (Å²) in [4.78, 5) is 9.71. The van der Waals surface area contributed by atoms with Gasteiger partial charge in [-0.2, -0.15) is 0 Å². The van der Waals surface area contributed by atoms with Crippen molar-refractivity contribution in [1.82, 2.24) is 9.97 Å². The summed E-state index contributed by atoms with van der Waals surface area (Å²) in [5.41, 5.74) is 9.88. The zero-order chi connectivity index (χ0) is 11.0. The van der Waals surface area contributed by atoms with Crippen LogP contribution >= 0.6 is 11.3 Å². The van der Waals surface area contributed by atoms with Gasteiger partial charge in [0.15, 0.2) is 5.13 Å². The standard InChI is InChI=1S/C11H13N3S/c1-6-4-9(5-7(2)13-6)10-8(3)14-11(12)15-10/h4-5H,1-3H3,(H2,12,14). The van der Waals surface area contributed by atoms with Gasteiger partial charge in [0, 0.05) is 11.4 Å². The predicted octanol–water partition coefficient (Wildman–Crippen LogP) is 2.71. The molecule has 2 rings (SSSR count). The number of hydrogen-bond donors (Lipinski definition) is 1. The number of hydrogen-bond acceptors (Lipinski definition) is 4. The Hall–Kier alpha value is -1.42. The molecule has 4 heteroatoms. The van der Waals surface area contributed by atoms with E-state index in [1.165, 1.54) is 11.3 Å². The molecule has 0 radical (unpaired) electrons. The van der Waals surface area contributed by atoms with E-state index in [-0.39, 0.29) is 0 Å². The molecule has 2 N–H and O–H groups in total. The fourth-order valence-corrected chi connectivity index (χ4v) is 2.47. The van der Waals surface area contributed by atoms with Crippen molar-refractivity contribution in [3.8, 4) is 10.4 Å². The Bertz CT molecular complexity index is 482. The Morgan fingerprint density at radius 1 is 1.07 bits per heavy atom. The normalized spacial score (nSPS) is 10.6. The fourth-order valence-electron chi connectivity index (χ4n) is 1.65. The molecule has 2 aromatic heterocycles. The summed E-state index contributed by atoms with van der Waals surface area (Å²) in [5.74, 6) is 0. The van der Waals surface area contributed by atoms with Gasteiger partial charge in [0.25, 0.3) is 0 Å². The molecule has 0 fully saturated rings. The van der Waals surface area contributed by atoms with Gasteiger partial charge in [-0.05, 0) is 38.5 Å². The topological polar surface area (TPSA) is 51.8 Å². The van der Waals surface area contributed by atoms with E-state index in [9.17, 15) is 0 Å². The van der Waals surface area contributed by atoms with Crippen LogP contribution in [0.1, 0.15) is 17.1 Å². The predicted molar refractivity (Wildman–Crippen MR) is 64.0 cm³/mol. The molecule has 0 aliphatic rings. The molecule has 0 aromatic carbocycles. The molecule has 0 spiro atoms. The van der Waals surface area contributed by atoms with Crippen molar-refractivity contribution in [2.75, 3.05) is 5.73 Å². The van der Waals surface area contributed by atoms with Crippen molar-refractivity contribution < 1.29 is 0 Å². The second-order valence-electron chi connectivity index (χ2n) is 3.61. The third-order valence-electron chi connectivity index (χ3n) is 2.16. The van der Waals surface area contributed by atoms with E-state index in [1.807, 2.05) is 20.8 Å². The molecule has 0 saturated carbocycles. The molecule has 0 aliphatic heterocycles. The number of nitrogens with zero attached hydrogens (tertiary/aromatic N) is 2. The maximum absolute atomic E-state index is 5.68. The smallest absolute Gasteiger partial charge is 0.180 e. The van der Waals surface area contributed by atoms with Gasteiger partial charge >= 0.3 is 0 Å². The highest BCUT2D eigenvalue weighted by atomic mass is 32.1. The van der Waals surface area contributed by atoms with Gasteiger partial charge in [-0.3, -0.25) is 4.98 Å². The lowest BCUT2D eigenvalue weighted by Gasteiger charge is -2.02. The summed E-state index contributed by atoms with van der Waals surface area (Å²) in [6.07, 6.45) is 0. The molecule has 0 amide bonds. The van der Waals surface area contributed by atoms with Crippen LogP contribution in [0.15, 0.2) is 12.1 Å². The van der Waals surface area contributed by atoms with E-state index >= 15 is 0 Å². The third kappa shape index (κ3) is 1.99. The minimum atomic E-state index is 0.620. The van der Waals surface area contributed by atoms with Gasteiger partial charge in [-0.1, -0.05) is 11.3 Å². The van der Waals surface area contributed by atoms with Crippen LogP contribution in [0.2, 0.25) is 0 Å². The molecule has 15 heavy (non-hydrogen) atoms. The average molecular weight is 219 g/mol. The van der Waals surface area contributed by atoms with Crippen LogP contribution in [-0.2, 0) is 0 Å². The summed E-state index contributed by atoms with van der Waals surface area (Å²) >= 11 is 1.52. The fraction of sp³-hybridized carbons (Fsp3) is 0.273. The first kappa shape index (κ1) is 10.1. The second kappa shape index (κ2) is 3.62. The van der Waals surface area contributed by atoms with Gasteiger partial charge in [0.05, 0.1) is 10.6 Å². The van der Waals surface area contributed by atoms with Crippen molar-refractivity contribution in [3.05, 3.63) is 29.2 Å². The van der Waals surface area contributed by atoms with Gasteiger partial charge in [-0.15, -0.1) is 0 Å². The summed E-state index contributed by atoms with van der Waals surface area (Å²) in [7, 11) is 0. The molecular formula is C11H13N3S. The number of aromatic nitrogens is 2. The van der Waals surface area contributed by atoms with E-state index in [1.54, 1.807) is 0 Å². The molecule has 0 unspecified atom stereocenters. The van der Waals surface area contributed by atoms with E-state index in [0.29, 0.717) is 5.13 Å². The maximum Gasteiger partial charge on any atom is 0.180 e. The Morgan fingerprint density at radius 3 is 2.13 bits per heavy atom. The molecule has 0 bridgehead atoms. The van der Waals surface area contributed by atoms with Crippen LogP contribution < -0.4 is 5.73 Å². The quantitative estimate of drug-likeness (QED) is 0.802. The lowest BCUT2D eigenvalue weighted by molar-refractivity contribution is 1.12. The minimum absolute atomic E-state index is 0.620. The van der Waals surface area contributed by atoms with Crippen LogP contribution in [0.25, 0.3) is 10.4 Å². The lowest BCUT2D eigenvalue weighted by Crippen LogP contribution is -1.87. The maximum atomic E-state index is 5.68. The molecule has 78 valence electrons. The van der Waals surface area contributed by atoms with Gasteiger partial charge in [0.2, 0.25) is 0 Å². The SMILES string of the molecule is Cc1cc(-c2sc(N)nc2C)cc(C)n1. The van der Waals surface area contributed by atoms with E-state index in [4.69, 9.17) is 5.73 Å². The molecule has 2 heterocycles. The van der Waals surface area contributed by atoms with Crippen molar-refractivity contribution in [2.24, 2.45) is 0 Å². The highest BCUT2D eigenvalue weighted by Crippen LogP contribution is 2.31. The minimum Gasteiger partial charge on any atom is -0.375 e. The van der Waals surface area contributed by atoms with Crippen molar-refractivity contribution in [3.63, 3.8) is 0 Å². The molecule has 0 saturated heterocycles. The highest BCUT2D eigenvalue weighted by molar-refractivity contribution is 7.18. The highest BCUT2D eigenvalue weighted by Gasteiger charge is 2.08. The first-order valence-electron chi connectivity index (χ1n) is 4.75. The first-order valence-corrected chi connectivity index (χ1v) is 5.56. The van der Waals surface area contributed by atoms with Crippen LogP contribution in [0.4, 0.5) is 5.13 Å². The number of anilines is 1. The van der Waals surface area contributed by atoms with E-state index < -0.39 is 0 Å². The van der Waals surface area contributed by atoms with Crippen LogP contribution in [0, 0.1) is 20.8 Å². The number of nitrogen functional groups attached to an aromatic ring is 1. The summed E-state index contributed by atoms with van der Waals surface area (Å²) < 4.78 is 0. The Morgan fingerprint density at radius 2 is 1.67 bits per heavy atom. The molecule has 0 aliphatic carbocycles. The number of rotatable bonds is 1. The monoisotopic (exact) mass is 219 g/mol. The van der Waals surface area contributed by atoms with Gasteiger partial charge in [-0.25, -0.2) is 4.98 Å². The Balaban J connectivity index is 2.58. The first-order chi connectivity index (χ1) is 7.06. The zero-order valence-corrected chi connectivity index (χ0v) is 9.85. The Kier molecular flexibility index (Phi) is 2.44. The van der Waals surface area contributed by atoms with Crippen molar-refractivity contribution in [1.29, 1.82) is 0 Å². The van der Waals surface area contributed by atoms with Gasteiger partial charge < -0.3 is 5.73 Å². The second-order valence-corrected chi connectivity index (χ2v) is 4.64. The molecule has 0 atom stereocenters. The largest absolute Gasteiger partial charge is 0.375 e. The zero-order valence-electron chi connectivity index (χ0n) is 9.03. The van der Waals surface area contributed by atoms with Crippen LogP contribution in [0.5, 0.6) is 0 Å². The molecule has 2 aromatic rings. The number of aryl methyl sites for hydroxylation is 3. The summed E-state index contributed by atoms with van der Waals surface area (Å²) in [6.45, 7) is 5.97.